The molecule has 1 aromatic rings. The van der Waals surface area contributed by atoms with Gasteiger partial charge in [0.25, 0.3) is 0 Å². The Hall–Kier alpha value is -1.06. The fourth-order valence-corrected chi connectivity index (χ4v) is 2.76. The van der Waals surface area contributed by atoms with Gasteiger partial charge in [-0.05, 0) is 37.7 Å². The second-order valence-corrected chi connectivity index (χ2v) is 5.82. The van der Waals surface area contributed by atoms with E-state index in [0.717, 1.165) is 49.5 Å². The molecule has 106 valence electrons. The summed E-state index contributed by atoms with van der Waals surface area (Å²) >= 11 is 0. The number of hydrogen-bond acceptors (Lipinski definition) is 3. The fourth-order valence-electron chi connectivity index (χ4n) is 2.76. The molecule has 1 aliphatic carbocycles. The Kier molecular flexibility index (Phi) is 4.83. The van der Waals surface area contributed by atoms with Gasteiger partial charge in [0.05, 0.1) is 12.7 Å². The molecule has 0 heterocycles. The van der Waals surface area contributed by atoms with Crippen LogP contribution in [0.15, 0.2) is 24.3 Å². The zero-order valence-corrected chi connectivity index (χ0v) is 12.0. The van der Waals surface area contributed by atoms with E-state index in [0.29, 0.717) is 6.54 Å². The highest BCUT2D eigenvalue weighted by Gasteiger charge is 2.31. The van der Waals surface area contributed by atoms with Gasteiger partial charge in [-0.2, -0.15) is 0 Å². The van der Waals surface area contributed by atoms with Crippen molar-refractivity contribution in [2.24, 2.45) is 5.92 Å². The van der Waals surface area contributed by atoms with Crippen molar-refractivity contribution in [3.8, 4) is 5.75 Å². The van der Waals surface area contributed by atoms with Crippen molar-refractivity contribution in [2.45, 2.75) is 44.8 Å². The van der Waals surface area contributed by atoms with Crippen LogP contribution in [0.3, 0.4) is 0 Å². The molecule has 3 nitrogen and oxygen atoms in total. The number of para-hydroxylation sites is 1. The van der Waals surface area contributed by atoms with Gasteiger partial charge >= 0.3 is 0 Å². The molecule has 0 amide bonds. The summed E-state index contributed by atoms with van der Waals surface area (Å²) < 4.78 is 5.32. The van der Waals surface area contributed by atoms with Crippen LogP contribution in [0.2, 0.25) is 0 Å². The van der Waals surface area contributed by atoms with E-state index in [1.807, 2.05) is 18.2 Å². The summed E-state index contributed by atoms with van der Waals surface area (Å²) in [5.74, 6) is 1.66. The van der Waals surface area contributed by atoms with Crippen LogP contribution in [0.5, 0.6) is 5.75 Å². The molecule has 2 rings (SSSR count). The highest BCUT2D eigenvalue weighted by Crippen LogP contribution is 2.31. The van der Waals surface area contributed by atoms with Gasteiger partial charge in [0.2, 0.25) is 0 Å². The predicted octanol–water partition coefficient (Wildman–Crippen LogP) is 2.73. The van der Waals surface area contributed by atoms with Crippen molar-refractivity contribution >= 4 is 0 Å². The number of aliphatic hydroxyl groups is 1. The summed E-state index contributed by atoms with van der Waals surface area (Å²) in [6.45, 7) is 3.67. The summed E-state index contributed by atoms with van der Waals surface area (Å²) in [6.07, 6.45) is 4.08. The number of benzene rings is 1. The largest absolute Gasteiger partial charge is 0.496 e. The first-order valence-electron chi connectivity index (χ1n) is 7.18. The minimum Gasteiger partial charge on any atom is -0.496 e. The van der Waals surface area contributed by atoms with Crippen molar-refractivity contribution < 1.29 is 9.84 Å². The molecule has 1 aliphatic rings. The molecular weight excluding hydrogens is 238 g/mol. The van der Waals surface area contributed by atoms with Gasteiger partial charge in [0, 0.05) is 18.7 Å². The van der Waals surface area contributed by atoms with Gasteiger partial charge in [0.1, 0.15) is 5.75 Å². The molecule has 0 bridgehead atoms. The number of ether oxygens (including phenoxy) is 1. The Bertz CT molecular complexity index is 397. The smallest absolute Gasteiger partial charge is 0.123 e. The molecular formula is C16H25NO2. The Labute approximate surface area is 116 Å². The summed E-state index contributed by atoms with van der Waals surface area (Å²) in [5.41, 5.74) is 0.618. The predicted molar refractivity (Wildman–Crippen MR) is 77.3 cm³/mol. The minimum absolute atomic E-state index is 0.519. The highest BCUT2D eigenvalue weighted by atomic mass is 16.5. The zero-order valence-electron chi connectivity index (χ0n) is 12.0. The summed E-state index contributed by atoms with van der Waals surface area (Å²) in [6, 6.07) is 8.00. The second kappa shape index (κ2) is 6.40. The average molecular weight is 263 g/mol. The van der Waals surface area contributed by atoms with E-state index in [2.05, 4.69) is 18.3 Å². The van der Waals surface area contributed by atoms with E-state index in [1.54, 1.807) is 7.11 Å². The van der Waals surface area contributed by atoms with E-state index in [4.69, 9.17) is 4.74 Å². The van der Waals surface area contributed by atoms with Crippen LogP contribution in [0.1, 0.15) is 38.2 Å². The van der Waals surface area contributed by atoms with E-state index in [-0.39, 0.29) is 0 Å². The lowest BCUT2D eigenvalue weighted by Gasteiger charge is -2.35. The fraction of sp³-hybridized carbons (Fsp3) is 0.625. The first kappa shape index (κ1) is 14.4. The van der Waals surface area contributed by atoms with Crippen LogP contribution in [0.4, 0.5) is 0 Å². The number of rotatable bonds is 5. The molecule has 0 aliphatic heterocycles. The molecule has 19 heavy (non-hydrogen) atoms. The van der Waals surface area contributed by atoms with Crippen LogP contribution in [0.25, 0.3) is 0 Å². The Morgan fingerprint density at radius 2 is 2.00 bits per heavy atom. The molecule has 1 fully saturated rings. The first-order valence-corrected chi connectivity index (χ1v) is 7.18. The van der Waals surface area contributed by atoms with Gasteiger partial charge in [-0.1, -0.05) is 25.1 Å². The third-order valence-electron chi connectivity index (χ3n) is 4.17. The van der Waals surface area contributed by atoms with Crippen molar-refractivity contribution in [1.82, 2.24) is 5.32 Å². The highest BCUT2D eigenvalue weighted by molar-refractivity contribution is 5.32. The number of methoxy groups -OCH3 is 1. The van der Waals surface area contributed by atoms with E-state index in [9.17, 15) is 5.11 Å². The lowest BCUT2D eigenvalue weighted by Crippen LogP contribution is -2.43. The van der Waals surface area contributed by atoms with Gasteiger partial charge in [-0.15, -0.1) is 0 Å². The molecule has 0 unspecified atom stereocenters. The van der Waals surface area contributed by atoms with Crippen LogP contribution < -0.4 is 10.1 Å². The topological polar surface area (TPSA) is 41.5 Å². The summed E-state index contributed by atoms with van der Waals surface area (Å²) in [4.78, 5) is 0. The third kappa shape index (κ3) is 3.95. The average Bonchev–Trinajstić information content (AvgIpc) is 2.43. The normalized spacial score (nSPS) is 27.2. The van der Waals surface area contributed by atoms with Crippen molar-refractivity contribution in [3.05, 3.63) is 29.8 Å². The van der Waals surface area contributed by atoms with Crippen LogP contribution in [-0.2, 0) is 6.54 Å². The van der Waals surface area contributed by atoms with Crippen molar-refractivity contribution in [2.75, 3.05) is 13.7 Å². The van der Waals surface area contributed by atoms with Crippen molar-refractivity contribution in [3.63, 3.8) is 0 Å². The Morgan fingerprint density at radius 3 is 2.68 bits per heavy atom. The Morgan fingerprint density at radius 1 is 1.32 bits per heavy atom. The molecule has 0 spiro atoms. The summed E-state index contributed by atoms with van der Waals surface area (Å²) in [7, 11) is 1.69. The van der Waals surface area contributed by atoms with Gasteiger partial charge in [-0.3, -0.25) is 0 Å². The van der Waals surface area contributed by atoms with Crippen LogP contribution in [0, 0.1) is 5.92 Å². The Balaban J connectivity index is 1.83. The molecule has 1 aromatic carbocycles. The van der Waals surface area contributed by atoms with Gasteiger partial charge < -0.3 is 15.2 Å². The lowest BCUT2D eigenvalue weighted by atomic mass is 9.79. The molecule has 2 N–H and O–H groups in total. The maximum atomic E-state index is 10.5. The van der Waals surface area contributed by atoms with Crippen LogP contribution in [-0.4, -0.2) is 24.4 Å². The van der Waals surface area contributed by atoms with Gasteiger partial charge in [-0.25, -0.2) is 0 Å². The van der Waals surface area contributed by atoms with Gasteiger partial charge in [0.15, 0.2) is 0 Å². The monoisotopic (exact) mass is 263 g/mol. The van der Waals surface area contributed by atoms with E-state index in [1.165, 1.54) is 0 Å². The molecule has 0 radical (unpaired) electrons. The number of hydrogen-bond donors (Lipinski definition) is 2. The SMILES string of the molecule is COc1ccccc1CNCC1(O)CCC(C)CC1. The molecule has 0 aromatic heterocycles. The zero-order chi connectivity index (χ0) is 13.7. The van der Waals surface area contributed by atoms with Crippen LogP contribution >= 0.6 is 0 Å². The quantitative estimate of drug-likeness (QED) is 0.858. The minimum atomic E-state index is -0.519. The molecule has 3 heteroatoms. The van der Waals surface area contributed by atoms with E-state index >= 15 is 0 Å². The van der Waals surface area contributed by atoms with Crippen molar-refractivity contribution in [1.29, 1.82) is 0 Å². The summed E-state index contributed by atoms with van der Waals surface area (Å²) in [5, 5.41) is 13.9. The lowest BCUT2D eigenvalue weighted by molar-refractivity contribution is -0.00633. The molecule has 1 saturated carbocycles. The maximum absolute atomic E-state index is 10.5. The number of nitrogens with one attached hydrogen (secondary N) is 1. The third-order valence-corrected chi connectivity index (χ3v) is 4.17. The second-order valence-electron chi connectivity index (χ2n) is 5.82. The molecule has 0 atom stereocenters. The molecule has 0 saturated heterocycles. The van der Waals surface area contributed by atoms with E-state index < -0.39 is 5.60 Å². The first-order chi connectivity index (χ1) is 9.13. The standard InChI is InChI=1S/C16H25NO2/c1-13-7-9-16(18,10-8-13)12-17-11-14-5-3-4-6-15(14)19-2/h3-6,13,17-18H,7-12H2,1-2H3. The maximum Gasteiger partial charge on any atom is 0.123 e.